The zero-order valence-electron chi connectivity index (χ0n) is 19.3. The Morgan fingerprint density at radius 2 is 1.77 bits per heavy atom. The monoisotopic (exact) mass is 422 g/mol. The molecule has 0 bridgehead atoms. The van der Waals surface area contributed by atoms with Gasteiger partial charge in [0.1, 0.15) is 5.75 Å². The van der Waals surface area contributed by atoms with E-state index in [2.05, 4.69) is 20.8 Å². The van der Waals surface area contributed by atoms with Crippen molar-refractivity contribution in [3.63, 3.8) is 0 Å². The van der Waals surface area contributed by atoms with Crippen molar-refractivity contribution in [2.75, 3.05) is 27.2 Å². The Labute approximate surface area is 186 Å². The van der Waals surface area contributed by atoms with Crippen molar-refractivity contribution in [1.29, 1.82) is 0 Å². The molecule has 0 radical (unpaired) electrons. The first-order valence-corrected chi connectivity index (χ1v) is 10.9. The van der Waals surface area contributed by atoms with E-state index < -0.39 is 0 Å². The van der Waals surface area contributed by atoms with Crippen LogP contribution >= 0.6 is 0 Å². The molecule has 5 nitrogen and oxygen atoms in total. The first kappa shape index (κ1) is 22.9. The van der Waals surface area contributed by atoms with Crippen molar-refractivity contribution in [2.24, 2.45) is 11.3 Å². The molecule has 166 valence electrons. The zero-order valence-corrected chi connectivity index (χ0v) is 19.3. The number of benzene rings is 2. The third kappa shape index (κ3) is 5.87. The van der Waals surface area contributed by atoms with Gasteiger partial charge in [-0.3, -0.25) is 9.59 Å². The smallest absolute Gasteiger partial charge is 0.228 e. The third-order valence-corrected chi connectivity index (χ3v) is 5.83. The quantitative estimate of drug-likeness (QED) is 0.696. The molecule has 2 amide bonds. The van der Waals surface area contributed by atoms with Crippen molar-refractivity contribution < 1.29 is 14.3 Å². The number of likely N-dealkylation sites (tertiary alicyclic amines) is 1. The van der Waals surface area contributed by atoms with Gasteiger partial charge in [0.25, 0.3) is 0 Å². The first-order valence-electron chi connectivity index (χ1n) is 10.9. The van der Waals surface area contributed by atoms with Crippen LogP contribution in [0.1, 0.15) is 44.2 Å². The minimum absolute atomic E-state index is 0.0512. The molecular weight excluding hydrogens is 388 g/mol. The summed E-state index contributed by atoms with van der Waals surface area (Å²) in [4.78, 5) is 30.1. The average molecular weight is 423 g/mol. The molecule has 2 unspecified atom stereocenters. The molecule has 1 heterocycles. The van der Waals surface area contributed by atoms with Crippen LogP contribution in [0.25, 0.3) is 0 Å². The van der Waals surface area contributed by atoms with E-state index in [9.17, 15) is 9.59 Å². The van der Waals surface area contributed by atoms with E-state index in [1.807, 2.05) is 66.5 Å². The number of carbonyl (C=O) groups is 2. The summed E-state index contributed by atoms with van der Waals surface area (Å²) in [7, 11) is 3.49. The van der Waals surface area contributed by atoms with E-state index in [0.29, 0.717) is 26.1 Å². The second-order valence-electron chi connectivity index (χ2n) is 9.71. The van der Waals surface area contributed by atoms with Gasteiger partial charge in [0.15, 0.2) is 0 Å². The summed E-state index contributed by atoms with van der Waals surface area (Å²) in [6.07, 6.45) is 0.471. The Morgan fingerprint density at radius 1 is 1.06 bits per heavy atom. The SMILES string of the molecule is COc1cccc(C2CN(C(=O)CC(C)(C)C)CC2C(=O)N(C)Cc2ccccc2)c1. The van der Waals surface area contributed by atoms with E-state index in [-0.39, 0.29) is 29.1 Å². The molecule has 0 aliphatic carbocycles. The van der Waals surface area contributed by atoms with Crippen LogP contribution in [0.2, 0.25) is 0 Å². The van der Waals surface area contributed by atoms with E-state index in [0.717, 1.165) is 16.9 Å². The predicted octanol–water partition coefficient (Wildman–Crippen LogP) is 4.33. The van der Waals surface area contributed by atoms with Gasteiger partial charge in [0.2, 0.25) is 11.8 Å². The topological polar surface area (TPSA) is 49.9 Å². The van der Waals surface area contributed by atoms with Gasteiger partial charge in [0.05, 0.1) is 13.0 Å². The largest absolute Gasteiger partial charge is 0.497 e. The lowest BCUT2D eigenvalue weighted by molar-refractivity contribution is -0.135. The van der Waals surface area contributed by atoms with Crippen molar-refractivity contribution >= 4 is 11.8 Å². The molecule has 31 heavy (non-hydrogen) atoms. The van der Waals surface area contributed by atoms with Crippen LogP contribution in [0, 0.1) is 11.3 Å². The van der Waals surface area contributed by atoms with E-state index >= 15 is 0 Å². The fraction of sp³-hybridized carbons (Fsp3) is 0.462. The Kier molecular flexibility index (Phi) is 7.04. The van der Waals surface area contributed by atoms with Gasteiger partial charge in [0, 0.05) is 39.0 Å². The van der Waals surface area contributed by atoms with Crippen LogP contribution in [0.3, 0.4) is 0 Å². The first-order chi connectivity index (χ1) is 14.7. The number of hydrogen-bond acceptors (Lipinski definition) is 3. The van der Waals surface area contributed by atoms with Crippen LogP contribution in [-0.4, -0.2) is 48.9 Å². The normalized spacial score (nSPS) is 18.7. The highest BCUT2D eigenvalue weighted by Crippen LogP contribution is 2.36. The lowest BCUT2D eigenvalue weighted by atomic mass is 9.88. The molecule has 1 fully saturated rings. The van der Waals surface area contributed by atoms with Crippen LogP contribution in [0.4, 0.5) is 0 Å². The van der Waals surface area contributed by atoms with Gasteiger partial charge in [-0.1, -0.05) is 63.2 Å². The molecule has 0 spiro atoms. The second kappa shape index (κ2) is 9.54. The van der Waals surface area contributed by atoms with Gasteiger partial charge in [-0.2, -0.15) is 0 Å². The van der Waals surface area contributed by atoms with E-state index in [4.69, 9.17) is 4.74 Å². The number of amides is 2. The predicted molar refractivity (Wildman–Crippen MR) is 123 cm³/mol. The molecule has 0 N–H and O–H groups in total. The average Bonchev–Trinajstić information content (AvgIpc) is 3.18. The Hall–Kier alpha value is -2.82. The molecule has 0 saturated carbocycles. The van der Waals surface area contributed by atoms with Gasteiger partial charge in [-0.25, -0.2) is 0 Å². The Bertz CT molecular complexity index is 904. The summed E-state index contributed by atoms with van der Waals surface area (Å²) < 4.78 is 5.40. The van der Waals surface area contributed by atoms with E-state index in [1.54, 1.807) is 12.0 Å². The summed E-state index contributed by atoms with van der Waals surface area (Å²) in [5, 5.41) is 0. The minimum Gasteiger partial charge on any atom is -0.497 e. The molecular formula is C26H34N2O3. The van der Waals surface area contributed by atoms with Crippen molar-refractivity contribution in [2.45, 2.75) is 39.7 Å². The maximum absolute atomic E-state index is 13.5. The van der Waals surface area contributed by atoms with Gasteiger partial charge in [-0.15, -0.1) is 0 Å². The molecule has 0 aromatic heterocycles. The maximum Gasteiger partial charge on any atom is 0.228 e. The molecule has 3 rings (SSSR count). The molecule has 2 aromatic carbocycles. The van der Waals surface area contributed by atoms with Gasteiger partial charge in [-0.05, 0) is 28.7 Å². The van der Waals surface area contributed by atoms with Crippen LogP contribution in [0.15, 0.2) is 54.6 Å². The molecule has 1 aliphatic heterocycles. The highest BCUT2D eigenvalue weighted by Gasteiger charge is 2.42. The number of hydrogen-bond donors (Lipinski definition) is 0. The molecule has 2 atom stereocenters. The Morgan fingerprint density at radius 3 is 2.42 bits per heavy atom. The van der Waals surface area contributed by atoms with Crippen LogP contribution in [0.5, 0.6) is 5.75 Å². The van der Waals surface area contributed by atoms with Crippen LogP contribution in [-0.2, 0) is 16.1 Å². The zero-order chi connectivity index (χ0) is 22.6. The summed E-state index contributed by atoms with van der Waals surface area (Å²) in [6, 6.07) is 17.9. The summed E-state index contributed by atoms with van der Waals surface area (Å²) in [5.41, 5.74) is 2.04. The summed E-state index contributed by atoms with van der Waals surface area (Å²) in [6.45, 7) is 7.76. The fourth-order valence-corrected chi connectivity index (χ4v) is 4.25. The number of carbonyl (C=O) groups excluding carboxylic acids is 2. The number of methoxy groups -OCH3 is 1. The highest BCUT2D eigenvalue weighted by atomic mass is 16.5. The standard InChI is InChI=1S/C26H34N2O3/c1-26(2,3)15-24(29)28-17-22(20-12-9-13-21(14-20)31-5)23(18-28)25(30)27(4)16-19-10-7-6-8-11-19/h6-14,22-23H,15-18H2,1-5H3. The summed E-state index contributed by atoms with van der Waals surface area (Å²) in [5.74, 6) is 0.624. The summed E-state index contributed by atoms with van der Waals surface area (Å²) >= 11 is 0. The number of ether oxygens (including phenoxy) is 1. The number of nitrogens with zero attached hydrogens (tertiary/aromatic N) is 2. The van der Waals surface area contributed by atoms with Crippen molar-refractivity contribution in [3.05, 3.63) is 65.7 Å². The lowest BCUT2D eigenvalue weighted by Crippen LogP contribution is -2.37. The minimum atomic E-state index is -0.273. The molecule has 1 saturated heterocycles. The molecule has 2 aromatic rings. The number of rotatable bonds is 6. The van der Waals surface area contributed by atoms with Crippen LogP contribution < -0.4 is 4.74 Å². The lowest BCUT2D eigenvalue weighted by Gasteiger charge is -2.25. The van der Waals surface area contributed by atoms with Gasteiger partial charge < -0.3 is 14.5 Å². The van der Waals surface area contributed by atoms with E-state index in [1.165, 1.54) is 0 Å². The molecule has 5 heteroatoms. The highest BCUT2D eigenvalue weighted by molar-refractivity contribution is 5.83. The third-order valence-electron chi connectivity index (χ3n) is 5.83. The second-order valence-corrected chi connectivity index (χ2v) is 9.71. The maximum atomic E-state index is 13.5. The fourth-order valence-electron chi connectivity index (χ4n) is 4.25. The van der Waals surface area contributed by atoms with Gasteiger partial charge >= 0.3 is 0 Å². The Balaban J connectivity index is 1.84. The molecule has 1 aliphatic rings. The van der Waals surface area contributed by atoms with Crippen molar-refractivity contribution in [1.82, 2.24) is 9.80 Å². The van der Waals surface area contributed by atoms with Crippen molar-refractivity contribution in [3.8, 4) is 5.75 Å².